The Bertz CT molecular complexity index is 1310. The summed E-state index contributed by atoms with van der Waals surface area (Å²) in [6, 6.07) is 21.8. The summed E-state index contributed by atoms with van der Waals surface area (Å²) < 4.78 is 20.9. The predicted molar refractivity (Wildman–Crippen MR) is 121 cm³/mol. The van der Waals surface area contributed by atoms with Crippen LogP contribution in [0.4, 0.5) is 10.3 Å². The lowest BCUT2D eigenvalue weighted by atomic mass is 10.1. The molecule has 5 aromatic rings. The van der Waals surface area contributed by atoms with E-state index in [2.05, 4.69) is 29.4 Å². The SMILES string of the molecule is CC(Nc1nccc(-n2cc(-c3ccco3)nc2-c2ccc(F)cc2)n1)c1ccccc1. The van der Waals surface area contributed by atoms with E-state index in [0.717, 1.165) is 11.1 Å². The number of rotatable bonds is 6. The molecule has 0 spiro atoms. The molecule has 0 radical (unpaired) electrons. The Balaban J connectivity index is 1.54. The Kier molecular flexibility index (Phi) is 5.21. The molecule has 1 unspecified atom stereocenters. The molecular weight excluding hydrogens is 405 g/mol. The summed E-state index contributed by atoms with van der Waals surface area (Å²) in [6.07, 6.45) is 5.15. The van der Waals surface area contributed by atoms with Crippen LogP contribution in [0.25, 0.3) is 28.7 Å². The Morgan fingerprint density at radius 1 is 0.938 bits per heavy atom. The van der Waals surface area contributed by atoms with Crippen LogP contribution in [0.15, 0.2) is 95.9 Å². The van der Waals surface area contributed by atoms with Crippen molar-refractivity contribution in [1.82, 2.24) is 19.5 Å². The van der Waals surface area contributed by atoms with Crippen molar-refractivity contribution in [2.45, 2.75) is 13.0 Å². The molecule has 6 nitrogen and oxygen atoms in total. The molecule has 0 aliphatic heterocycles. The van der Waals surface area contributed by atoms with Gasteiger partial charge in [-0.3, -0.25) is 4.57 Å². The minimum Gasteiger partial charge on any atom is -0.463 e. The zero-order chi connectivity index (χ0) is 21.9. The zero-order valence-corrected chi connectivity index (χ0v) is 17.3. The molecule has 3 aromatic heterocycles. The van der Waals surface area contributed by atoms with E-state index in [0.29, 0.717) is 29.0 Å². The molecule has 0 aliphatic carbocycles. The summed E-state index contributed by atoms with van der Waals surface area (Å²) in [4.78, 5) is 13.8. The van der Waals surface area contributed by atoms with E-state index in [1.165, 1.54) is 12.1 Å². The molecule has 7 heteroatoms. The van der Waals surface area contributed by atoms with Crippen LogP contribution >= 0.6 is 0 Å². The number of hydrogen-bond donors (Lipinski definition) is 1. The van der Waals surface area contributed by atoms with Gasteiger partial charge in [-0.25, -0.2) is 14.4 Å². The van der Waals surface area contributed by atoms with Gasteiger partial charge in [0.1, 0.15) is 23.2 Å². The maximum absolute atomic E-state index is 13.5. The van der Waals surface area contributed by atoms with E-state index in [-0.39, 0.29) is 11.9 Å². The number of aromatic nitrogens is 4. The van der Waals surface area contributed by atoms with Crippen LogP contribution < -0.4 is 5.32 Å². The Labute approximate surface area is 184 Å². The standard InChI is InChI=1S/C25H20FN5O/c1-17(18-6-3-2-4-7-18)28-25-27-14-13-23(30-25)31-16-21(22-8-5-15-32-22)29-24(31)19-9-11-20(26)12-10-19/h2-17H,1H3,(H,27,28,30). The molecule has 0 bridgehead atoms. The molecule has 0 aliphatic rings. The third kappa shape index (κ3) is 4.00. The van der Waals surface area contributed by atoms with Crippen molar-refractivity contribution in [1.29, 1.82) is 0 Å². The molecule has 3 heterocycles. The fraction of sp³-hybridized carbons (Fsp3) is 0.0800. The summed E-state index contributed by atoms with van der Waals surface area (Å²) >= 11 is 0. The van der Waals surface area contributed by atoms with E-state index < -0.39 is 0 Å². The largest absolute Gasteiger partial charge is 0.463 e. The van der Waals surface area contributed by atoms with Gasteiger partial charge in [-0.05, 0) is 55.0 Å². The first-order valence-electron chi connectivity index (χ1n) is 10.2. The molecule has 0 saturated carbocycles. The number of furan rings is 1. The highest BCUT2D eigenvalue weighted by molar-refractivity contribution is 5.64. The summed E-state index contributed by atoms with van der Waals surface area (Å²) in [5.74, 6) is 2.08. The fourth-order valence-electron chi connectivity index (χ4n) is 3.47. The van der Waals surface area contributed by atoms with Crippen LogP contribution in [0.3, 0.4) is 0 Å². The van der Waals surface area contributed by atoms with Crippen LogP contribution in [-0.4, -0.2) is 19.5 Å². The molecule has 0 amide bonds. The predicted octanol–water partition coefficient (Wildman–Crippen LogP) is 5.90. The number of nitrogens with one attached hydrogen (secondary N) is 1. The highest BCUT2D eigenvalue weighted by Crippen LogP contribution is 2.28. The second kappa shape index (κ2) is 8.47. The number of nitrogens with zero attached hydrogens (tertiary/aromatic N) is 4. The third-order valence-corrected chi connectivity index (χ3v) is 5.11. The van der Waals surface area contributed by atoms with Crippen LogP contribution in [0.2, 0.25) is 0 Å². The van der Waals surface area contributed by atoms with Gasteiger partial charge in [-0.2, -0.15) is 4.98 Å². The third-order valence-electron chi connectivity index (χ3n) is 5.11. The maximum atomic E-state index is 13.5. The molecule has 158 valence electrons. The number of benzene rings is 2. The van der Waals surface area contributed by atoms with Gasteiger partial charge in [0.15, 0.2) is 5.76 Å². The van der Waals surface area contributed by atoms with Gasteiger partial charge in [0, 0.05) is 18.0 Å². The average molecular weight is 425 g/mol. The van der Waals surface area contributed by atoms with Crippen molar-refractivity contribution in [2.75, 3.05) is 5.32 Å². The smallest absolute Gasteiger partial charge is 0.225 e. The summed E-state index contributed by atoms with van der Waals surface area (Å²) in [6.45, 7) is 2.06. The van der Waals surface area contributed by atoms with E-state index >= 15 is 0 Å². The Morgan fingerprint density at radius 2 is 1.75 bits per heavy atom. The average Bonchev–Trinajstić information content (AvgIpc) is 3.51. The van der Waals surface area contributed by atoms with Crippen LogP contribution in [0.5, 0.6) is 0 Å². The Hall–Kier alpha value is -4.26. The molecule has 1 atom stereocenters. The molecule has 2 aromatic carbocycles. The molecule has 0 fully saturated rings. The maximum Gasteiger partial charge on any atom is 0.225 e. The van der Waals surface area contributed by atoms with Crippen molar-refractivity contribution in [3.63, 3.8) is 0 Å². The monoisotopic (exact) mass is 425 g/mol. The van der Waals surface area contributed by atoms with E-state index in [1.807, 2.05) is 41.1 Å². The van der Waals surface area contributed by atoms with Gasteiger partial charge < -0.3 is 9.73 Å². The van der Waals surface area contributed by atoms with Gasteiger partial charge in [0.25, 0.3) is 0 Å². The first kappa shape index (κ1) is 19.7. The first-order chi connectivity index (χ1) is 15.7. The van der Waals surface area contributed by atoms with Gasteiger partial charge in [-0.15, -0.1) is 0 Å². The number of hydrogen-bond acceptors (Lipinski definition) is 5. The summed E-state index contributed by atoms with van der Waals surface area (Å²) in [5.41, 5.74) is 2.55. The molecule has 1 N–H and O–H groups in total. The number of anilines is 1. The molecule has 32 heavy (non-hydrogen) atoms. The van der Waals surface area contributed by atoms with Gasteiger partial charge in [-0.1, -0.05) is 30.3 Å². The second-order valence-corrected chi connectivity index (χ2v) is 7.32. The number of halogens is 1. The van der Waals surface area contributed by atoms with Crippen LogP contribution in [0, 0.1) is 5.82 Å². The van der Waals surface area contributed by atoms with E-state index in [4.69, 9.17) is 14.4 Å². The topological polar surface area (TPSA) is 68.8 Å². The van der Waals surface area contributed by atoms with Crippen molar-refractivity contribution >= 4 is 5.95 Å². The second-order valence-electron chi connectivity index (χ2n) is 7.32. The highest BCUT2D eigenvalue weighted by atomic mass is 19.1. The van der Waals surface area contributed by atoms with Crippen molar-refractivity contribution in [3.05, 3.63) is 103 Å². The van der Waals surface area contributed by atoms with Crippen LogP contribution in [-0.2, 0) is 0 Å². The first-order valence-corrected chi connectivity index (χ1v) is 10.2. The zero-order valence-electron chi connectivity index (χ0n) is 17.3. The Morgan fingerprint density at radius 3 is 2.50 bits per heavy atom. The lowest BCUT2D eigenvalue weighted by molar-refractivity contribution is 0.580. The summed E-state index contributed by atoms with van der Waals surface area (Å²) in [7, 11) is 0. The highest BCUT2D eigenvalue weighted by Gasteiger charge is 2.16. The van der Waals surface area contributed by atoms with Gasteiger partial charge in [0.05, 0.1) is 12.3 Å². The fourth-order valence-corrected chi connectivity index (χ4v) is 3.47. The van der Waals surface area contributed by atoms with Crippen LogP contribution in [0.1, 0.15) is 18.5 Å². The molecular formula is C25H20FN5O. The molecule has 5 rings (SSSR count). The van der Waals surface area contributed by atoms with Crippen molar-refractivity contribution in [2.24, 2.45) is 0 Å². The summed E-state index contributed by atoms with van der Waals surface area (Å²) in [5, 5.41) is 3.35. The van der Waals surface area contributed by atoms with E-state index in [9.17, 15) is 4.39 Å². The van der Waals surface area contributed by atoms with Gasteiger partial charge in [0.2, 0.25) is 5.95 Å². The van der Waals surface area contributed by atoms with Crippen molar-refractivity contribution < 1.29 is 8.81 Å². The molecule has 0 saturated heterocycles. The van der Waals surface area contributed by atoms with Crippen molar-refractivity contribution in [3.8, 4) is 28.7 Å². The minimum absolute atomic E-state index is 0.0319. The minimum atomic E-state index is -0.304. The quantitative estimate of drug-likeness (QED) is 0.367. The lowest BCUT2D eigenvalue weighted by Gasteiger charge is -2.15. The lowest BCUT2D eigenvalue weighted by Crippen LogP contribution is -2.10. The number of imidazole rings is 1. The normalized spacial score (nSPS) is 11.9. The van der Waals surface area contributed by atoms with E-state index in [1.54, 1.807) is 30.7 Å². The van der Waals surface area contributed by atoms with Gasteiger partial charge >= 0.3 is 0 Å².